The van der Waals surface area contributed by atoms with Gasteiger partial charge in [0.15, 0.2) is 12.1 Å². The third-order valence-corrected chi connectivity index (χ3v) is 5.71. The minimum atomic E-state index is -1.45. The van der Waals surface area contributed by atoms with E-state index in [1.807, 2.05) is 6.08 Å². The number of aliphatic hydroxyl groups excluding tert-OH is 4. The minimum Gasteiger partial charge on any atom is -0.394 e. The number of allylic oxidation sites excluding steroid dienone is 3. The zero-order valence-electron chi connectivity index (χ0n) is 15.2. The van der Waals surface area contributed by atoms with Gasteiger partial charge in [-0.05, 0) is 41.4 Å². The van der Waals surface area contributed by atoms with Gasteiger partial charge in [-0.1, -0.05) is 19.9 Å². The summed E-state index contributed by atoms with van der Waals surface area (Å²) >= 11 is 0. The van der Waals surface area contributed by atoms with E-state index in [0.29, 0.717) is 12.3 Å². The van der Waals surface area contributed by atoms with Crippen LogP contribution in [0.25, 0.3) is 0 Å². The molecule has 3 rings (SSSR count). The van der Waals surface area contributed by atoms with Crippen LogP contribution in [-0.2, 0) is 14.3 Å². The second kappa shape index (κ2) is 7.50. The maximum absolute atomic E-state index is 12.0. The monoisotopic (exact) mass is 368 g/mol. The summed E-state index contributed by atoms with van der Waals surface area (Å²) in [6.45, 7) is 3.93. The first-order chi connectivity index (χ1) is 12.2. The van der Waals surface area contributed by atoms with Crippen molar-refractivity contribution in [2.75, 3.05) is 13.2 Å². The Kier molecular flexibility index (Phi) is 5.67. The Morgan fingerprint density at radius 3 is 2.62 bits per heavy atom. The number of aliphatic hydroxyl groups is 4. The molecule has 4 N–H and O–H groups in total. The fraction of sp³-hybridized carbons (Fsp3) is 0.737. The third-order valence-electron chi connectivity index (χ3n) is 5.71. The molecule has 1 unspecified atom stereocenters. The second-order valence-electron chi connectivity index (χ2n) is 8.18. The second-order valence-corrected chi connectivity index (χ2v) is 8.18. The number of rotatable bonds is 4. The summed E-state index contributed by atoms with van der Waals surface area (Å²) in [6.07, 6.45) is -0.372. The Morgan fingerprint density at radius 2 is 1.92 bits per heavy atom. The number of carbonyl (C=O) groups is 1. The molecule has 0 spiro atoms. The van der Waals surface area contributed by atoms with Crippen molar-refractivity contribution in [1.82, 2.24) is 0 Å². The predicted octanol–water partition coefficient (Wildman–Crippen LogP) is 0.0647. The highest BCUT2D eigenvalue weighted by molar-refractivity contribution is 5.92. The van der Waals surface area contributed by atoms with Crippen molar-refractivity contribution in [3.05, 3.63) is 23.3 Å². The van der Waals surface area contributed by atoms with Gasteiger partial charge in [0, 0.05) is 6.42 Å². The van der Waals surface area contributed by atoms with Gasteiger partial charge < -0.3 is 29.9 Å². The molecule has 6 atom stereocenters. The first-order valence-corrected chi connectivity index (χ1v) is 9.09. The highest BCUT2D eigenvalue weighted by atomic mass is 16.7. The number of fused-ring (bicyclic) bond motifs is 1. The van der Waals surface area contributed by atoms with Gasteiger partial charge in [0.1, 0.15) is 24.4 Å². The van der Waals surface area contributed by atoms with Crippen LogP contribution in [-0.4, -0.2) is 70.1 Å². The number of ketones is 1. The van der Waals surface area contributed by atoms with Crippen LogP contribution in [0.2, 0.25) is 0 Å². The van der Waals surface area contributed by atoms with Crippen LogP contribution in [0.15, 0.2) is 23.3 Å². The van der Waals surface area contributed by atoms with E-state index in [4.69, 9.17) is 9.47 Å². The van der Waals surface area contributed by atoms with Crippen LogP contribution in [0.5, 0.6) is 0 Å². The lowest BCUT2D eigenvalue weighted by molar-refractivity contribution is -0.299. The molecule has 0 saturated carbocycles. The first-order valence-electron chi connectivity index (χ1n) is 9.09. The van der Waals surface area contributed by atoms with E-state index in [-0.39, 0.29) is 17.8 Å². The average Bonchev–Trinajstić information content (AvgIpc) is 2.58. The topological polar surface area (TPSA) is 116 Å². The molecule has 0 aromatic heterocycles. The van der Waals surface area contributed by atoms with Crippen molar-refractivity contribution in [3.63, 3.8) is 0 Å². The minimum absolute atomic E-state index is 0.0542. The molecule has 0 aromatic rings. The van der Waals surface area contributed by atoms with Crippen molar-refractivity contribution in [2.24, 2.45) is 11.3 Å². The molecule has 2 aliphatic carbocycles. The number of hydrogen-bond acceptors (Lipinski definition) is 7. The molecule has 0 bridgehead atoms. The van der Waals surface area contributed by atoms with Crippen LogP contribution in [0.4, 0.5) is 0 Å². The molecular weight excluding hydrogens is 340 g/mol. The van der Waals surface area contributed by atoms with Crippen molar-refractivity contribution < 1.29 is 34.7 Å². The summed E-state index contributed by atoms with van der Waals surface area (Å²) < 4.78 is 11.0. The van der Waals surface area contributed by atoms with E-state index in [9.17, 15) is 25.2 Å². The predicted molar refractivity (Wildman–Crippen MR) is 92.0 cm³/mol. The van der Waals surface area contributed by atoms with Crippen molar-refractivity contribution in [1.29, 1.82) is 0 Å². The zero-order valence-corrected chi connectivity index (χ0v) is 15.2. The lowest BCUT2D eigenvalue weighted by Gasteiger charge is -2.41. The Hall–Kier alpha value is -1.09. The van der Waals surface area contributed by atoms with Gasteiger partial charge in [0.2, 0.25) is 0 Å². The van der Waals surface area contributed by atoms with Crippen molar-refractivity contribution >= 4 is 5.78 Å². The zero-order chi connectivity index (χ0) is 19.1. The molecular formula is C19H28O7. The summed E-state index contributed by atoms with van der Waals surface area (Å²) in [6, 6.07) is 0. The molecule has 3 aliphatic rings. The van der Waals surface area contributed by atoms with Gasteiger partial charge in [-0.2, -0.15) is 0 Å². The number of hydrogen-bond donors (Lipinski definition) is 4. The smallest absolute Gasteiger partial charge is 0.187 e. The quantitative estimate of drug-likeness (QED) is 0.555. The summed E-state index contributed by atoms with van der Waals surface area (Å²) in [5.41, 5.74) is 1.95. The summed E-state index contributed by atoms with van der Waals surface area (Å²) in [5.74, 6) is 0.477. The molecule has 26 heavy (non-hydrogen) atoms. The van der Waals surface area contributed by atoms with E-state index in [2.05, 4.69) is 13.8 Å². The van der Waals surface area contributed by atoms with Gasteiger partial charge in [0.05, 0.1) is 13.2 Å². The number of ether oxygens (including phenoxy) is 2. The lowest BCUT2D eigenvalue weighted by atomic mass is 9.64. The largest absolute Gasteiger partial charge is 0.394 e. The Labute approximate surface area is 152 Å². The van der Waals surface area contributed by atoms with Gasteiger partial charge in [-0.15, -0.1) is 0 Å². The van der Waals surface area contributed by atoms with Crippen LogP contribution < -0.4 is 0 Å². The molecule has 7 nitrogen and oxygen atoms in total. The average molecular weight is 368 g/mol. The van der Waals surface area contributed by atoms with Crippen LogP contribution in [0.3, 0.4) is 0 Å². The first kappa shape index (κ1) is 19.7. The Bertz CT molecular complexity index is 607. The molecule has 146 valence electrons. The molecule has 1 aliphatic heterocycles. The molecule has 7 heteroatoms. The highest BCUT2D eigenvalue weighted by Gasteiger charge is 2.44. The normalized spacial score (nSPS) is 39.8. The lowest BCUT2D eigenvalue weighted by Crippen LogP contribution is -2.59. The van der Waals surface area contributed by atoms with Gasteiger partial charge in [0.25, 0.3) is 0 Å². The van der Waals surface area contributed by atoms with Crippen LogP contribution in [0.1, 0.15) is 33.1 Å². The Balaban J connectivity index is 1.66. The Morgan fingerprint density at radius 1 is 1.19 bits per heavy atom. The maximum Gasteiger partial charge on any atom is 0.187 e. The van der Waals surface area contributed by atoms with E-state index < -0.39 is 37.3 Å². The van der Waals surface area contributed by atoms with Gasteiger partial charge in [-0.3, -0.25) is 4.79 Å². The molecule has 1 fully saturated rings. The molecule has 1 saturated heterocycles. The number of carbonyl (C=O) groups excluding carboxylic acids is 1. The fourth-order valence-corrected chi connectivity index (χ4v) is 4.21. The van der Waals surface area contributed by atoms with E-state index in [1.165, 1.54) is 0 Å². The van der Waals surface area contributed by atoms with E-state index in [0.717, 1.165) is 24.0 Å². The van der Waals surface area contributed by atoms with Crippen LogP contribution in [0, 0.1) is 11.3 Å². The maximum atomic E-state index is 12.0. The molecule has 0 radical (unpaired) electrons. The van der Waals surface area contributed by atoms with E-state index in [1.54, 1.807) is 6.08 Å². The van der Waals surface area contributed by atoms with Gasteiger partial charge in [-0.25, -0.2) is 0 Å². The summed E-state index contributed by atoms with van der Waals surface area (Å²) in [4.78, 5) is 12.0. The fourth-order valence-electron chi connectivity index (χ4n) is 4.21. The molecule has 1 heterocycles. The van der Waals surface area contributed by atoms with Gasteiger partial charge >= 0.3 is 0 Å². The SMILES string of the molecule is CC1(C)CC(=O)C=C2C=C(CO[C@@H]3O[C@H](CO)[C@@H](O)[C@H](O)[C@H]3O)CCC21. The van der Waals surface area contributed by atoms with Crippen molar-refractivity contribution in [2.45, 2.75) is 63.8 Å². The van der Waals surface area contributed by atoms with Crippen LogP contribution >= 0.6 is 0 Å². The summed E-state index contributed by atoms with van der Waals surface area (Å²) in [5, 5.41) is 38.9. The highest BCUT2D eigenvalue weighted by Crippen LogP contribution is 2.46. The summed E-state index contributed by atoms with van der Waals surface area (Å²) in [7, 11) is 0. The molecule has 0 aromatic carbocycles. The standard InChI is InChI=1S/C19H28O7/c1-19(2)7-12(21)6-11-5-10(3-4-13(11)19)9-25-18-17(24)16(23)15(22)14(8-20)26-18/h5-6,13-18,20,22-24H,3-4,7-9H2,1-2H3/t13?,14-,15-,16+,17-,18-/m1/s1. The molecule has 0 amide bonds. The van der Waals surface area contributed by atoms with Crippen molar-refractivity contribution in [3.8, 4) is 0 Å². The third kappa shape index (κ3) is 3.78. The van der Waals surface area contributed by atoms with E-state index >= 15 is 0 Å².